The maximum Gasteiger partial charge on any atom is 0.247 e. The lowest BCUT2D eigenvalue weighted by atomic mass is 9.98. The number of piperidine rings is 1. The predicted octanol–water partition coefficient (Wildman–Crippen LogP) is 5.33. The third-order valence-electron chi connectivity index (χ3n) is 5.32. The Morgan fingerprint density at radius 3 is 2.88 bits per heavy atom. The molecule has 140 valence electrons. The van der Waals surface area contributed by atoms with Gasteiger partial charge in [-0.3, -0.25) is 4.79 Å². The fourth-order valence-electron chi connectivity index (χ4n) is 3.83. The average Bonchev–Trinajstić information content (AvgIpc) is 3.01. The van der Waals surface area contributed by atoms with Crippen molar-refractivity contribution in [2.24, 2.45) is 0 Å². The number of fused-ring (bicyclic) bond motifs is 1. The maximum atomic E-state index is 12.9. The molecule has 0 spiro atoms. The first-order valence-electron chi connectivity index (χ1n) is 9.69. The van der Waals surface area contributed by atoms with Crippen LogP contribution in [0.4, 0.5) is 0 Å². The van der Waals surface area contributed by atoms with Crippen LogP contribution in [-0.2, 0) is 4.79 Å². The lowest BCUT2D eigenvalue weighted by Crippen LogP contribution is -2.42. The Bertz CT molecular complexity index is 818. The number of allylic oxidation sites excluding steroid dienone is 1. The van der Waals surface area contributed by atoms with Crippen LogP contribution in [0.3, 0.4) is 0 Å². The van der Waals surface area contributed by atoms with Gasteiger partial charge in [0.25, 0.3) is 0 Å². The van der Waals surface area contributed by atoms with Gasteiger partial charge in [0.15, 0.2) is 0 Å². The van der Waals surface area contributed by atoms with Crippen LogP contribution in [0.2, 0.25) is 0 Å². The summed E-state index contributed by atoms with van der Waals surface area (Å²) in [5.74, 6) is 0.877. The summed E-state index contributed by atoms with van der Waals surface area (Å²) in [6, 6.07) is 4.37. The maximum absolute atomic E-state index is 12.9. The van der Waals surface area contributed by atoms with E-state index in [4.69, 9.17) is 9.15 Å². The van der Waals surface area contributed by atoms with E-state index in [9.17, 15) is 4.79 Å². The number of hydrogen-bond acceptors (Lipinski definition) is 3. The third-order valence-corrected chi connectivity index (χ3v) is 5.32. The molecular formula is C22H29NO3. The van der Waals surface area contributed by atoms with Gasteiger partial charge in [0, 0.05) is 35.7 Å². The van der Waals surface area contributed by atoms with E-state index in [0.717, 1.165) is 59.2 Å². The predicted molar refractivity (Wildman–Crippen MR) is 105 cm³/mol. The van der Waals surface area contributed by atoms with Crippen LogP contribution >= 0.6 is 0 Å². The van der Waals surface area contributed by atoms with Crippen molar-refractivity contribution in [1.82, 2.24) is 4.90 Å². The van der Waals surface area contributed by atoms with Crippen LogP contribution in [0.15, 0.2) is 28.9 Å². The van der Waals surface area contributed by atoms with Crippen LogP contribution in [-0.4, -0.2) is 30.0 Å². The summed E-state index contributed by atoms with van der Waals surface area (Å²) in [5.41, 5.74) is 3.80. The first-order chi connectivity index (χ1) is 12.5. The molecule has 1 atom stereocenters. The summed E-state index contributed by atoms with van der Waals surface area (Å²) in [7, 11) is 0. The van der Waals surface area contributed by atoms with Crippen LogP contribution in [0.5, 0.6) is 5.75 Å². The topological polar surface area (TPSA) is 42.7 Å². The number of carbonyl (C=O) groups is 1. The molecule has 0 radical (unpaired) electrons. The van der Waals surface area contributed by atoms with E-state index in [1.165, 1.54) is 6.42 Å². The number of likely N-dealkylation sites (tertiary alicyclic amines) is 1. The van der Waals surface area contributed by atoms with Crippen molar-refractivity contribution in [2.45, 2.75) is 59.4 Å². The number of carbonyl (C=O) groups excluding carboxylic acids is 1. The number of rotatable bonds is 5. The highest BCUT2D eigenvalue weighted by Gasteiger charge is 2.24. The molecule has 1 amide bonds. The van der Waals surface area contributed by atoms with E-state index in [1.807, 2.05) is 31.7 Å². The highest BCUT2D eigenvalue weighted by molar-refractivity contribution is 5.97. The van der Waals surface area contributed by atoms with Gasteiger partial charge in [0.2, 0.25) is 5.91 Å². The molecule has 1 aromatic carbocycles. The number of furan rings is 1. The van der Waals surface area contributed by atoms with E-state index in [2.05, 4.69) is 13.0 Å². The first-order valence-corrected chi connectivity index (χ1v) is 9.69. The third kappa shape index (κ3) is 3.64. The average molecular weight is 355 g/mol. The Morgan fingerprint density at radius 2 is 2.15 bits per heavy atom. The summed E-state index contributed by atoms with van der Waals surface area (Å²) in [6.45, 7) is 9.57. The summed E-state index contributed by atoms with van der Waals surface area (Å²) in [4.78, 5) is 14.9. The largest absolute Gasteiger partial charge is 0.493 e. The van der Waals surface area contributed by atoms with Gasteiger partial charge in [-0.25, -0.2) is 0 Å². The van der Waals surface area contributed by atoms with Gasteiger partial charge < -0.3 is 14.1 Å². The molecule has 1 aromatic heterocycles. The summed E-state index contributed by atoms with van der Waals surface area (Å²) >= 11 is 0. The van der Waals surface area contributed by atoms with Gasteiger partial charge in [-0.1, -0.05) is 6.92 Å². The fourth-order valence-corrected chi connectivity index (χ4v) is 3.83. The zero-order valence-corrected chi connectivity index (χ0v) is 16.3. The zero-order chi connectivity index (χ0) is 18.7. The van der Waals surface area contributed by atoms with Crippen molar-refractivity contribution in [3.63, 3.8) is 0 Å². The zero-order valence-electron chi connectivity index (χ0n) is 16.3. The molecule has 26 heavy (non-hydrogen) atoms. The van der Waals surface area contributed by atoms with Crippen molar-refractivity contribution in [3.8, 4) is 5.75 Å². The summed E-state index contributed by atoms with van der Waals surface area (Å²) < 4.78 is 11.4. The Kier molecular flexibility index (Phi) is 5.70. The normalized spacial score (nSPS) is 18.4. The highest BCUT2D eigenvalue weighted by atomic mass is 16.5. The summed E-state index contributed by atoms with van der Waals surface area (Å²) in [6.07, 6.45) is 7.97. The molecule has 1 aliphatic heterocycles. The monoisotopic (exact) mass is 355 g/mol. The second-order valence-electron chi connectivity index (χ2n) is 7.11. The number of aryl methyl sites for hydroxylation is 1. The molecule has 1 saturated heterocycles. The van der Waals surface area contributed by atoms with Crippen molar-refractivity contribution >= 4 is 22.4 Å². The molecule has 0 bridgehead atoms. The number of ether oxygens (including phenoxy) is 1. The molecule has 0 N–H and O–H groups in total. The Balaban J connectivity index is 1.95. The van der Waals surface area contributed by atoms with Crippen LogP contribution < -0.4 is 4.74 Å². The molecule has 1 fully saturated rings. The van der Waals surface area contributed by atoms with Crippen molar-refractivity contribution in [3.05, 3.63) is 35.6 Å². The minimum Gasteiger partial charge on any atom is -0.493 e. The van der Waals surface area contributed by atoms with Gasteiger partial charge >= 0.3 is 0 Å². The molecule has 3 rings (SSSR count). The van der Waals surface area contributed by atoms with Crippen molar-refractivity contribution in [2.75, 3.05) is 13.2 Å². The summed E-state index contributed by atoms with van der Waals surface area (Å²) in [5, 5.41) is 1.06. The van der Waals surface area contributed by atoms with Crippen molar-refractivity contribution in [1.29, 1.82) is 0 Å². The van der Waals surface area contributed by atoms with Crippen LogP contribution in [0.1, 0.15) is 57.6 Å². The molecule has 1 aliphatic rings. The molecule has 0 saturated carbocycles. The second kappa shape index (κ2) is 7.98. The minimum atomic E-state index is 0.112. The molecule has 2 aromatic rings. The van der Waals surface area contributed by atoms with Gasteiger partial charge in [-0.2, -0.15) is 0 Å². The van der Waals surface area contributed by atoms with E-state index in [0.29, 0.717) is 12.6 Å². The SMILES string of the molecule is CCOc1cc2occ(C)c2cc1/C(C)=C/C(=O)N1CCCCC1CC. The lowest BCUT2D eigenvalue weighted by Gasteiger charge is -2.34. The van der Waals surface area contributed by atoms with Gasteiger partial charge in [0.1, 0.15) is 11.3 Å². The van der Waals surface area contributed by atoms with Crippen LogP contribution in [0.25, 0.3) is 16.5 Å². The van der Waals surface area contributed by atoms with E-state index in [1.54, 1.807) is 12.3 Å². The molecule has 4 nitrogen and oxygen atoms in total. The van der Waals surface area contributed by atoms with E-state index in [-0.39, 0.29) is 5.91 Å². The molecule has 1 unspecified atom stereocenters. The smallest absolute Gasteiger partial charge is 0.247 e. The Labute approximate surface area is 155 Å². The lowest BCUT2D eigenvalue weighted by molar-refractivity contribution is -0.129. The quantitative estimate of drug-likeness (QED) is 0.680. The Morgan fingerprint density at radius 1 is 1.35 bits per heavy atom. The Hall–Kier alpha value is -2.23. The molecule has 0 aliphatic carbocycles. The second-order valence-corrected chi connectivity index (χ2v) is 7.11. The van der Waals surface area contributed by atoms with E-state index < -0.39 is 0 Å². The van der Waals surface area contributed by atoms with Gasteiger partial charge in [-0.15, -0.1) is 0 Å². The van der Waals surface area contributed by atoms with Gasteiger partial charge in [0.05, 0.1) is 12.9 Å². The first kappa shape index (κ1) is 18.6. The number of hydrogen-bond donors (Lipinski definition) is 0. The van der Waals surface area contributed by atoms with Crippen molar-refractivity contribution < 1.29 is 13.9 Å². The van der Waals surface area contributed by atoms with Crippen LogP contribution in [0, 0.1) is 6.92 Å². The van der Waals surface area contributed by atoms with Gasteiger partial charge in [-0.05, 0) is 63.7 Å². The number of nitrogens with zero attached hydrogens (tertiary/aromatic N) is 1. The number of benzene rings is 1. The fraction of sp³-hybridized carbons (Fsp3) is 0.500. The van der Waals surface area contributed by atoms with E-state index >= 15 is 0 Å². The highest BCUT2D eigenvalue weighted by Crippen LogP contribution is 2.34. The molecule has 4 heteroatoms. The molecular weight excluding hydrogens is 326 g/mol. The standard InChI is InChI=1S/C22H29NO3/c1-5-17-9-7-8-10-23(17)22(24)11-15(3)18-12-19-16(4)14-26-21(19)13-20(18)25-6-2/h11-14,17H,5-10H2,1-4H3/b15-11+. The molecule has 2 heterocycles. The minimum absolute atomic E-state index is 0.112. The number of amides is 1.